The Balaban J connectivity index is 1.67. The first-order valence-electron chi connectivity index (χ1n) is 6.98. The van der Waals surface area contributed by atoms with Gasteiger partial charge in [0.25, 0.3) is 0 Å². The molecule has 1 unspecified atom stereocenters. The predicted molar refractivity (Wildman–Crippen MR) is 82.0 cm³/mol. The van der Waals surface area contributed by atoms with Crippen LogP contribution in [0.25, 0.3) is 0 Å². The first-order valence-corrected chi connectivity index (χ1v) is 6.98. The van der Waals surface area contributed by atoms with Gasteiger partial charge in [-0.25, -0.2) is 4.98 Å². The summed E-state index contributed by atoms with van der Waals surface area (Å²) in [5.74, 6) is 1.79. The number of ether oxygens (including phenoxy) is 1. The summed E-state index contributed by atoms with van der Waals surface area (Å²) >= 11 is 0. The lowest BCUT2D eigenvalue weighted by molar-refractivity contribution is 0.317. The molecule has 0 saturated heterocycles. The molecule has 1 aliphatic heterocycles. The van der Waals surface area contributed by atoms with Crippen molar-refractivity contribution in [3.8, 4) is 5.75 Å². The van der Waals surface area contributed by atoms with Crippen LogP contribution in [0.3, 0.4) is 0 Å². The number of imidazole rings is 1. The molecule has 1 atom stereocenters. The largest absolute Gasteiger partial charge is 0.491 e. The maximum absolute atomic E-state index is 5.76. The lowest BCUT2D eigenvalue weighted by Gasteiger charge is -2.15. The summed E-state index contributed by atoms with van der Waals surface area (Å²) in [5.41, 5.74) is 2.23. The van der Waals surface area contributed by atoms with Crippen LogP contribution in [0.5, 0.6) is 5.75 Å². The van der Waals surface area contributed by atoms with Gasteiger partial charge in [0.2, 0.25) is 5.95 Å². The van der Waals surface area contributed by atoms with Crippen molar-refractivity contribution >= 4 is 11.6 Å². The van der Waals surface area contributed by atoms with E-state index in [1.807, 2.05) is 60.9 Å². The Hall–Kier alpha value is -2.75. The van der Waals surface area contributed by atoms with E-state index in [9.17, 15) is 0 Å². The molecular formula is C17H15N3O. The number of nitrogens with zero attached hydrogens (tertiary/aromatic N) is 2. The van der Waals surface area contributed by atoms with Crippen LogP contribution in [-0.2, 0) is 0 Å². The molecule has 4 nitrogen and oxygen atoms in total. The van der Waals surface area contributed by atoms with E-state index < -0.39 is 0 Å². The monoisotopic (exact) mass is 277 g/mol. The predicted octanol–water partition coefficient (Wildman–Crippen LogP) is 3.61. The van der Waals surface area contributed by atoms with Gasteiger partial charge in [0, 0.05) is 23.6 Å². The van der Waals surface area contributed by atoms with Crippen LogP contribution in [0.15, 0.2) is 67.0 Å². The minimum atomic E-state index is 0.162. The molecule has 4 rings (SSSR count). The van der Waals surface area contributed by atoms with Gasteiger partial charge in [0.1, 0.15) is 12.4 Å². The SMILES string of the molecule is c1ccc(Nc2nccn2C2COc3ccccc32)cc1. The molecule has 1 aromatic heterocycles. The zero-order valence-corrected chi connectivity index (χ0v) is 11.4. The van der Waals surface area contributed by atoms with Crippen LogP contribution in [0.4, 0.5) is 11.6 Å². The second kappa shape index (κ2) is 4.98. The normalized spacial score (nSPS) is 16.3. The maximum Gasteiger partial charge on any atom is 0.208 e. The van der Waals surface area contributed by atoms with Gasteiger partial charge >= 0.3 is 0 Å². The Morgan fingerprint density at radius 1 is 1.05 bits per heavy atom. The molecule has 0 fully saturated rings. The lowest BCUT2D eigenvalue weighted by atomic mass is 10.1. The molecule has 0 aliphatic carbocycles. The van der Waals surface area contributed by atoms with Crippen molar-refractivity contribution in [2.75, 3.05) is 11.9 Å². The molecule has 0 saturated carbocycles. The minimum absolute atomic E-state index is 0.162. The van der Waals surface area contributed by atoms with Gasteiger partial charge in [0.05, 0.1) is 6.04 Å². The highest BCUT2D eigenvalue weighted by molar-refractivity contribution is 5.54. The molecule has 3 aromatic rings. The van der Waals surface area contributed by atoms with Crippen molar-refractivity contribution in [1.82, 2.24) is 9.55 Å². The number of hydrogen-bond donors (Lipinski definition) is 1. The van der Waals surface area contributed by atoms with Crippen molar-refractivity contribution in [2.24, 2.45) is 0 Å². The highest BCUT2D eigenvalue weighted by atomic mass is 16.5. The average Bonchev–Trinajstić information content (AvgIpc) is 3.14. The molecule has 2 heterocycles. The van der Waals surface area contributed by atoms with E-state index >= 15 is 0 Å². The van der Waals surface area contributed by atoms with Crippen molar-refractivity contribution in [3.63, 3.8) is 0 Å². The van der Waals surface area contributed by atoms with Crippen LogP contribution >= 0.6 is 0 Å². The van der Waals surface area contributed by atoms with Crippen molar-refractivity contribution < 1.29 is 4.74 Å². The van der Waals surface area contributed by atoms with Crippen LogP contribution in [-0.4, -0.2) is 16.2 Å². The molecule has 2 aromatic carbocycles. The quantitative estimate of drug-likeness (QED) is 0.795. The number of fused-ring (bicyclic) bond motifs is 1. The number of anilines is 2. The fraction of sp³-hybridized carbons (Fsp3) is 0.118. The molecule has 1 aliphatic rings. The molecule has 4 heteroatoms. The van der Waals surface area contributed by atoms with Gasteiger partial charge in [-0.2, -0.15) is 0 Å². The summed E-state index contributed by atoms with van der Waals surface area (Å²) < 4.78 is 7.89. The number of para-hydroxylation sites is 2. The smallest absolute Gasteiger partial charge is 0.208 e. The molecular weight excluding hydrogens is 262 g/mol. The third-order valence-electron chi connectivity index (χ3n) is 3.71. The zero-order valence-electron chi connectivity index (χ0n) is 11.4. The summed E-state index contributed by atoms with van der Waals surface area (Å²) in [6, 6.07) is 18.4. The third kappa shape index (κ3) is 2.14. The van der Waals surface area contributed by atoms with E-state index in [0.29, 0.717) is 6.61 Å². The van der Waals surface area contributed by atoms with Crippen molar-refractivity contribution in [3.05, 3.63) is 72.6 Å². The molecule has 0 bridgehead atoms. The summed E-state index contributed by atoms with van der Waals surface area (Å²) in [7, 11) is 0. The lowest BCUT2D eigenvalue weighted by Crippen LogP contribution is -2.13. The van der Waals surface area contributed by atoms with Gasteiger partial charge in [0.15, 0.2) is 0 Å². The zero-order chi connectivity index (χ0) is 14.1. The summed E-state index contributed by atoms with van der Waals surface area (Å²) in [6.07, 6.45) is 3.80. The van der Waals surface area contributed by atoms with Crippen LogP contribution in [0.1, 0.15) is 11.6 Å². The second-order valence-electron chi connectivity index (χ2n) is 5.01. The first kappa shape index (κ1) is 12.0. The highest BCUT2D eigenvalue weighted by Crippen LogP contribution is 2.36. The van der Waals surface area contributed by atoms with Crippen molar-refractivity contribution in [1.29, 1.82) is 0 Å². The van der Waals surface area contributed by atoms with E-state index in [-0.39, 0.29) is 6.04 Å². The minimum Gasteiger partial charge on any atom is -0.491 e. The molecule has 0 radical (unpaired) electrons. The molecule has 0 amide bonds. The molecule has 1 N–H and O–H groups in total. The van der Waals surface area contributed by atoms with Crippen molar-refractivity contribution in [2.45, 2.75) is 6.04 Å². The summed E-state index contributed by atoms with van der Waals surface area (Å²) in [5, 5.41) is 3.36. The highest BCUT2D eigenvalue weighted by Gasteiger charge is 2.26. The Bertz CT molecular complexity index is 751. The van der Waals surface area contributed by atoms with E-state index in [2.05, 4.69) is 20.9 Å². The number of aromatic nitrogens is 2. The van der Waals surface area contributed by atoms with Crippen LogP contribution < -0.4 is 10.1 Å². The fourth-order valence-corrected chi connectivity index (χ4v) is 2.69. The third-order valence-corrected chi connectivity index (χ3v) is 3.71. The van der Waals surface area contributed by atoms with Gasteiger partial charge < -0.3 is 14.6 Å². The Morgan fingerprint density at radius 3 is 2.76 bits per heavy atom. The summed E-state index contributed by atoms with van der Waals surface area (Å²) in [6.45, 7) is 0.638. The van der Waals surface area contributed by atoms with E-state index in [0.717, 1.165) is 17.4 Å². The molecule has 21 heavy (non-hydrogen) atoms. The number of benzene rings is 2. The van der Waals surface area contributed by atoms with Crippen LogP contribution in [0, 0.1) is 0 Å². The number of hydrogen-bond acceptors (Lipinski definition) is 3. The van der Waals surface area contributed by atoms with E-state index in [1.54, 1.807) is 0 Å². The second-order valence-corrected chi connectivity index (χ2v) is 5.01. The van der Waals surface area contributed by atoms with Crippen LogP contribution in [0.2, 0.25) is 0 Å². The Morgan fingerprint density at radius 2 is 1.86 bits per heavy atom. The molecule has 0 spiro atoms. The number of rotatable bonds is 3. The van der Waals surface area contributed by atoms with E-state index in [4.69, 9.17) is 4.74 Å². The topological polar surface area (TPSA) is 39.1 Å². The summed E-state index contributed by atoms with van der Waals surface area (Å²) in [4.78, 5) is 4.43. The van der Waals surface area contributed by atoms with Gasteiger partial charge in [-0.3, -0.25) is 0 Å². The van der Waals surface area contributed by atoms with Gasteiger partial charge in [-0.1, -0.05) is 36.4 Å². The average molecular weight is 277 g/mol. The molecule has 104 valence electrons. The fourth-order valence-electron chi connectivity index (χ4n) is 2.69. The maximum atomic E-state index is 5.76. The van der Waals surface area contributed by atoms with E-state index in [1.165, 1.54) is 5.56 Å². The van der Waals surface area contributed by atoms with Gasteiger partial charge in [-0.15, -0.1) is 0 Å². The van der Waals surface area contributed by atoms with Gasteiger partial charge in [-0.05, 0) is 18.2 Å². The number of nitrogens with one attached hydrogen (secondary N) is 1. The Labute approximate surface area is 123 Å². The first-order chi connectivity index (χ1) is 10.4. The standard InChI is InChI=1S/C17H15N3O/c1-2-6-13(7-3-1)19-17-18-10-11-20(17)15-12-21-16-9-5-4-8-14(15)16/h1-11,15H,12H2,(H,18,19). The Kier molecular flexibility index (Phi) is 2.85.